The van der Waals surface area contributed by atoms with Crippen LogP contribution in [0, 0.1) is 0 Å². The zero-order chi connectivity index (χ0) is 13.3. The first-order valence-electron chi connectivity index (χ1n) is 5.57. The lowest BCUT2D eigenvalue weighted by molar-refractivity contribution is 0.0393. The topological polar surface area (TPSA) is 72.6 Å². The Balaban J connectivity index is 2.44. The molecule has 1 aromatic rings. The summed E-state index contributed by atoms with van der Waals surface area (Å²) in [4.78, 5) is 0.144. The molecule has 0 amide bonds. The zero-order valence-corrected chi connectivity index (χ0v) is 12.4. The molecule has 1 atom stereocenters. The summed E-state index contributed by atoms with van der Waals surface area (Å²) in [5.41, 5.74) is 6.03. The van der Waals surface area contributed by atoms with Gasteiger partial charge in [-0.3, -0.25) is 0 Å². The van der Waals surface area contributed by atoms with E-state index in [4.69, 9.17) is 10.5 Å². The number of benzene rings is 1. The minimum atomic E-state index is -3.57. The van der Waals surface area contributed by atoms with Gasteiger partial charge in [0.05, 0.1) is 18.9 Å². The lowest BCUT2D eigenvalue weighted by Crippen LogP contribution is -2.47. The first-order valence-corrected chi connectivity index (χ1v) is 7.81. The van der Waals surface area contributed by atoms with Crippen LogP contribution in [0.15, 0.2) is 27.6 Å². The van der Waals surface area contributed by atoms with Crippen molar-refractivity contribution in [2.45, 2.75) is 17.9 Å². The summed E-state index contributed by atoms with van der Waals surface area (Å²) >= 11 is 3.26. The number of sulfonamides is 1. The molecule has 1 aliphatic heterocycles. The Morgan fingerprint density at radius 3 is 2.89 bits per heavy atom. The first kappa shape index (κ1) is 13.8. The third-order valence-electron chi connectivity index (χ3n) is 2.87. The van der Waals surface area contributed by atoms with Crippen molar-refractivity contribution in [1.29, 1.82) is 0 Å². The second-order valence-corrected chi connectivity index (χ2v) is 7.00. The Morgan fingerprint density at radius 1 is 1.50 bits per heavy atom. The minimum Gasteiger partial charge on any atom is -0.398 e. The van der Waals surface area contributed by atoms with Gasteiger partial charge in [0, 0.05) is 17.1 Å². The molecule has 2 rings (SSSR count). The largest absolute Gasteiger partial charge is 0.398 e. The van der Waals surface area contributed by atoms with E-state index < -0.39 is 10.0 Å². The summed E-state index contributed by atoms with van der Waals surface area (Å²) in [6.07, 6.45) is 0. The third kappa shape index (κ3) is 2.54. The predicted molar refractivity (Wildman–Crippen MR) is 72.7 cm³/mol. The molecule has 1 saturated heterocycles. The number of ether oxygens (including phenoxy) is 1. The monoisotopic (exact) mass is 334 g/mol. The fraction of sp³-hybridized carbons (Fsp3) is 0.455. The Hall–Kier alpha value is -0.630. The average molecular weight is 335 g/mol. The molecular weight excluding hydrogens is 320 g/mol. The number of morpholine rings is 1. The van der Waals surface area contributed by atoms with Gasteiger partial charge in [0.2, 0.25) is 10.0 Å². The fourth-order valence-electron chi connectivity index (χ4n) is 1.93. The molecule has 0 bridgehead atoms. The van der Waals surface area contributed by atoms with Crippen LogP contribution in [0.2, 0.25) is 0 Å². The van der Waals surface area contributed by atoms with Gasteiger partial charge >= 0.3 is 0 Å². The number of hydrogen-bond donors (Lipinski definition) is 1. The van der Waals surface area contributed by atoms with E-state index in [-0.39, 0.29) is 16.6 Å². The first-order chi connectivity index (χ1) is 8.43. The van der Waals surface area contributed by atoms with Gasteiger partial charge in [-0.15, -0.1) is 0 Å². The maximum Gasteiger partial charge on any atom is 0.245 e. The molecule has 0 radical (unpaired) electrons. The maximum absolute atomic E-state index is 12.5. The van der Waals surface area contributed by atoms with Crippen molar-refractivity contribution in [3.05, 3.63) is 22.7 Å². The lowest BCUT2D eigenvalue weighted by atomic mass is 10.3. The van der Waals surface area contributed by atoms with Gasteiger partial charge in [-0.1, -0.05) is 15.9 Å². The SMILES string of the molecule is C[C@@H]1COCCN1S(=O)(=O)c1cc(Br)ccc1N. The normalized spacial score (nSPS) is 22.0. The van der Waals surface area contributed by atoms with Crippen molar-refractivity contribution in [2.75, 3.05) is 25.5 Å². The third-order valence-corrected chi connectivity index (χ3v) is 5.43. The van der Waals surface area contributed by atoms with Crippen molar-refractivity contribution in [2.24, 2.45) is 0 Å². The van der Waals surface area contributed by atoms with Crippen LogP contribution in [-0.2, 0) is 14.8 Å². The van der Waals surface area contributed by atoms with Crippen LogP contribution in [0.5, 0.6) is 0 Å². The highest BCUT2D eigenvalue weighted by molar-refractivity contribution is 9.10. The molecule has 0 aliphatic carbocycles. The summed E-state index contributed by atoms with van der Waals surface area (Å²) in [5.74, 6) is 0. The molecule has 18 heavy (non-hydrogen) atoms. The van der Waals surface area contributed by atoms with Crippen molar-refractivity contribution < 1.29 is 13.2 Å². The van der Waals surface area contributed by atoms with Crippen LogP contribution in [0.3, 0.4) is 0 Å². The lowest BCUT2D eigenvalue weighted by Gasteiger charge is -2.32. The van der Waals surface area contributed by atoms with E-state index in [9.17, 15) is 8.42 Å². The molecule has 7 heteroatoms. The van der Waals surface area contributed by atoms with Gasteiger partial charge in [-0.2, -0.15) is 4.31 Å². The number of nitrogen functional groups attached to an aromatic ring is 1. The average Bonchev–Trinajstić information content (AvgIpc) is 2.32. The molecule has 100 valence electrons. The van der Waals surface area contributed by atoms with Crippen molar-refractivity contribution in [3.8, 4) is 0 Å². The summed E-state index contributed by atoms with van der Waals surface area (Å²) in [5, 5.41) is 0. The Morgan fingerprint density at radius 2 is 2.22 bits per heavy atom. The van der Waals surface area contributed by atoms with Gasteiger partial charge in [0.25, 0.3) is 0 Å². The van der Waals surface area contributed by atoms with Crippen LogP contribution in [-0.4, -0.2) is 38.5 Å². The van der Waals surface area contributed by atoms with E-state index in [0.29, 0.717) is 24.2 Å². The van der Waals surface area contributed by atoms with E-state index in [1.807, 2.05) is 6.92 Å². The van der Waals surface area contributed by atoms with Gasteiger partial charge in [-0.05, 0) is 25.1 Å². The van der Waals surface area contributed by atoms with Gasteiger partial charge in [0.15, 0.2) is 0 Å². The van der Waals surface area contributed by atoms with E-state index in [0.717, 1.165) is 0 Å². The molecule has 1 aliphatic rings. The second kappa shape index (κ2) is 5.16. The number of rotatable bonds is 2. The zero-order valence-electron chi connectivity index (χ0n) is 9.97. The van der Waals surface area contributed by atoms with Crippen LogP contribution in [0.25, 0.3) is 0 Å². The number of nitrogens with zero attached hydrogens (tertiary/aromatic N) is 1. The van der Waals surface area contributed by atoms with E-state index in [1.165, 1.54) is 10.4 Å². The quantitative estimate of drug-likeness (QED) is 0.830. The fourth-order valence-corrected chi connectivity index (χ4v) is 4.18. The highest BCUT2D eigenvalue weighted by Gasteiger charge is 2.32. The van der Waals surface area contributed by atoms with E-state index in [1.54, 1.807) is 12.1 Å². The highest BCUT2D eigenvalue weighted by atomic mass is 79.9. The number of nitrogens with two attached hydrogens (primary N) is 1. The summed E-state index contributed by atoms with van der Waals surface area (Å²) in [7, 11) is -3.57. The number of halogens is 1. The van der Waals surface area contributed by atoms with E-state index in [2.05, 4.69) is 15.9 Å². The summed E-state index contributed by atoms with van der Waals surface area (Å²) < 4.78 is 32.5. The summed E-state index contributed by atoms with van der Waals surface area (Å²) in [6, 6.07) is 4.66. The standard InChI is InChI=1S/C11H15BrN2O3S/c1-8-7-17-5-4-14(8)18(15,16)11-6-9(12)2-3-10(11)13/h2-3,6,8H,4-5,7,13H2,1H3/t8-/m1/s1. The Kier molecular flexibility index (Phi) is 3.96. The molecule has 5 nitrogen and oxygen atoms in total. The molecule has 0 aromatic heterocycles. The molecule has 1 aromatic carbocycles. The van der Waals surface area contributed by atoms with E-state index >= 15 is 0 Å². The molecule has 0 spiro atoms. The smallest absolute Gasteiger partial charge is 0.245 e. The van der Waals surface area contributed by atoms with Crippen molar-refractivity contribution in [1.82, 2.24) is 4.31 Å². The molecule has 1 fully saturated rings. The maximum atomic E-state index is 12.5. The van der Waals surface area contributed by atoms with Gasteiger partial charge in [0.1, 0.15) is 4.90 Å². The van der Waals surface area contributed by atoms with Crippen LogP contribution in [0.1, 0.15) is 6.92 Å². The van der Waals surface area contributed by atoms with Crippen LogP contribution < -0.4 is 5.73 Å². The Bertz CT molecular complexity index is 547. The molecule has 2 N–H and O–H groups in total. The molecular formula is C11H15BrN2O3S. The van der Waals surface area contributed by atoms with Gasteiger partial charge < -0.3 is 10.5 Å². The molecule has 1 heterocycles. The number of anilines is 1. The van der Waals surface area contributed by atoms with Crippen LogP contribution >= 0.6 is 15.9 Å². The minimum absolute atomic E-state index is 0.144. The predicted octanol–water partition coefficient (Wildman–Crippen LogP) is 1.44. The Labute approximate surface area is 115 Å². The van der Waals surface area contributed by atoms with Crippen molar-refractivity contribution >= 4 is 31.6 Å². The molecule has 0 saturated carbocycles. The molecule has 0 unspecified atom stereocenters. The van der Waals surface area contributed by atoms with Crippen molar-refractivity contribution in [3.63, 3.8) is 0 Å². The van der Waals surface area contributed by atoms with Crippen LogP contribution in [0.4, 0.5) is 5.69 Å². The van der Waals surface area contributed by atoms with Gasteiger partial charge in [-0.25, -0.2) is 8.42 Å². The highest BCUT2D eigenvalue weighted by Crippen LogP contribution is 2.27. The second-order valence-electron chi connectivity index (χ2n) is 4.22. The summed E-state index contributed by atoms with van der Waals surface area (Å²) in [6.45, 7) is 3.00. The number of hydrogen-bond acceptors (Lipinski definition) is 4.